The van der Waals surface area contributed by atoms with E-state index in [1.165, 1.54) is 31.0 Å². The van der Waals surface area contributed by atoms with Crippen LogP contribution in [0.15, 0.2) is 0 Å². The van der Waals surface area contributed by atoms with Crippen LogP contribution in [-0.4, -0.2) is 10.9 Å². The molecule has 0 bridgehead atoms. The summed E-state index contributed by atoms with van der Waals surface area (Å²) in [5.74, 6) is 1.00. The molecule has 0 spiro atoms. The van der Waals surface area contributed by atoms with Crippen molar-refractivity contribution in [2.75, 3.05) is 5.75 Å². The number of hydrogen-bond donors (Lipinski definition) is 1. The summed E-state index contributed by atoms with van der Waals surface area (Å²) in [4.78, 5) is 10.4. The first-order valence-corrected chi connectivity index (χ1v) is 4.39. The summed E-state index contributed by atoms with van der Waals surface area (Å²) in [6.45, 7) is 3.79. The summed E-state index contributed by atoms with van der Waals surface area (Å²) in [5, 5.41) is 0.242. The van der Waals surface area contributed by atoms with Crippen LogP contribution in [0.5, 0.6) is 0 Å². The average molecular weight is 163 g/mol. The Bertz CT molecular complexity index is 85.7. The topological polar surface area (TPSA) is 52.1 Å². The number of rotatable bonds is 4. The second-order valence-electron chi connectivity index (χ2n) is 2.05. The summed E-state index contributed by atoms with van der Waals surface area (Å²) in [7, 11) is 0. The second-order valence-corrected chi connectivity index (χ2v) is 3.32. The van der Waals surface area contributed by atoms with E-state index >= 15 is 0 Å². The van der Waals surface area contributed by atoms with Crippen molar-refractivity contribution in [1.82, 2.24) is 6.15 Å². The zero-order chi connectivity index (χ0) is 7.11. The minimum atomic E-state index is 0. The maximum absolute atomic E-state index is 10.4. The van der Waals surface area contributed by atoms with Gasteiger partial charge in [-0.2, -0.15) is 0 Å². The van der Waals surface area contributed by atoms with Gasteiger partial charge in [0.2, 0.25) is 0 Å². The maximum atomic E-state index is 10.4. The molecule has 0 aliphatic carbocycles. The minimum Gasteiger partial charge on any atom is -0.344 e. The molecular weight excluding hydrogens is 146 g/mol. The Balaban J connectivity index is 0. The van der Waals surface area contributed by atoms with E-state index in [0.717, 1.165) is 5.75 Å². The van der Waals surface area contributed by atoms with Gasteiger partial charge in [0.15, 0.2) is 5.12 Å². The largest absolute Gasteiger partial charge is 0.344 e. The van der Waals surface area contributed by atoms with E-state index in [2.05, 4.69) is 6.92 Å². The molecule has 0 saturated heterocycles. The van der Waals surface area contributed by atoms with Crippen LogP contribution < -0.4 is 6.15 Å². The number of hydrogen-bond acceptors (Lipinski definition) is 3. The molecule has 0 fully saturated rings. The second kappa shape index (κ2) is 8.98. The van der Waals surface area contributed by atoms with Crippen LogP contribution in [0.3, 0.4) is 0 Å². The fourth-order valence-corrected chi connectivity index (χ4v) is 1.20. The third-order valence-corrected chi connectivity index (χ3v) is 1.95. The van der Waals surface area contributed by atoms with Gasteiger partial charge in [0.05, 0.1) is 0 Å². The lowest BCUT2D eigenvalue weighted by atomic mass is 10.3. The Morgan fingerprint density at radius 2 is 2.00 bits per heavy atom. The van der Waals surface area contributed by atoms with Crippen LogP contribution in [0.25, 0.3) is 0 Å². The average Bonchev–Trinajstić information content (AvgIpc) is 1.80. The predicted molar refractivity (Wildman–Crippen MR) is 47.7 cm³/mol. The molecule has 0 aromatic rings. The molecule has 10 heavy (non-hydrogen) atoms. The van der Waals surface area contributed by atoms with Gasteiger partial charge in [0.25, 0.3) is 0 Å². The van der Waals surface area contributed by atoms with E-state index in [1.807, 2.05) is 0 Å². The van der Waals surface area contributed by atoms with Gasteiger partial charge in [-0.05, 0) is 6.42 Å². The van der Waals surface area contributed by atoms with Crippen molar-refractivity contribution in [3.63, 3.8) is 0 Å². The number of unbranched alkanes of at least 4 members (excludes halogenated alkanes) is 2. The minimum absolute atomic E-state index is 0. The van der Waals surface area contributed by atoms with Crippen LogP contribution in [0, 0.1) is 0 Å². The predicted octanol–water partition coefficient (Wildman–Crippen LogP) is 2.62. The van der Waals surface area contributed by atoms with Crippen molar-refractivity contribution in [2.24, 2.45) is 0 Å². The van der Waals surface area contributed by atoms with Gasteiger partial charge in [-0.1, -0.05) is 31.5 Å². The van der Waals surface area contributed by atoms with E-state index in [1.54, 1.807) is 6.92 Å². The Kier molecular flexibility index (Phi) is 11.3. The third kappa shape index (κ3) is 10.9. The van der Waals surface area contributed by atoms with Crippen molar-refractivity contribution < 1.29 is 4.79 Å². The summed E-state index contributed by atoms with van der Waals surface area (Å²) in [6, 6.07) is 0. The van der Waals surface area contributed by atoms with Crippen molar-refractivity contribution in [3.05, 3.63) is 0 Å². The van der Waals surface area contributed by atoms with E-state index in [0.29, 0.717) is 0 Å². The maximum Gasteiger partial charge on any atom is 0.185 e. The summed E-state index contributed by atoms with van der Waals surface area (Å²) in [5.41, 5.74) is 0. The third-order valence-electron chi connectivity index (χ3n) is 1.05. The smallest absolute Gasteiger partial charge is 0.185 e. The zero-order valence-electron chi connectivity index (χ0n) is 6.85. The molecule has 0 aliphatic rings. The molecule has 0 atom stereocenters. The number of carbonyl (C=O) groups is 1. The van der Waals surface area contributed by atoms with Gasteiger partial charge < -0.3 is 6.15 Å². The first-order valence-electron chi connectivity index (χ1n) is 3.40. The highest BCUT2D eigenvalue weighted by Crippen LogP contribution is 2.05. The van der Waals surface area contributed by atoms with E-state index in [4.69, 9.17) is 0 Å². The lowest BCUT2D eigenvalue weighted by Gasteiger charge is -1.93. The molecule has 0 aromatic carbocycles. The molecule has 0 aliphatic heterocycles. The molecule has 0 rings (SSSR count). The SMILES string of the molecule is CCCCCSC(C)=O.N. The molecule has 0 amide bonds. The van der Waals surface area contributed by atoms with Crippen molar-refractivity contribution in [1.29, 1.82) is 0 Å². The summed E-state index contributed by atoms with van der Waals surface area (Å²) < 4.78 is 0. The van der Waals surface area contributed by atoms with Crippen molar-refractivity contribution in [3.8, 4) is 0 Å². The summed E-state index contributed by atoms with van der Waals surface area (Å²) >= 11 is 1.43. The molecule has 0 radical (unpaired) electrons. The van der Waals surface area contributed by atoms with Crippen molar-refractivity contribution in [2.45, 2.75) is 33.1 Å². The van der Waals surface area contributed by atoms with Gasteiger partial charge >= 0.3 is 0 Å². The Morgan fingerprint density at radius 3 is 2.40 bits per heavy atom. The van der Waals surface area contributed by atoms with E-state index in [9.17, 15) is 4.79 Å². The van der Waals surface area contributed by atoms with Crippen LogP contribution in [0.1, 0.15) is 33.1 Å². The van der Waals surface area contributed by atoms with E-state index < -0.39 is 0 Å². The molecule has 0 saturated carbocycles. The Morgan fingerprint density at radius 1 is 1.40 bits per heavy atom. The first-order chi connectivity index (χ1) is 4.27. The normalized spacial score (nSPS) is 8.60. The monoisotopic (exact) mass is 163 g/mol. The highest BCUT2D eigenvalue weighted by atomic mass is 32.2. The van der Waals surface area contributed by atoms with Crippen LogP contribution in [-0.2, 0) is 4.79 Å². The van der Waals surface area contributed by atoms with Crippen molar-refractivity contribution >= 4 is 16.9 Å². The van der Waals surface area contributed by atoms with Crippen LogP contribution in [0.2, 0.25) is 0 Å². The molecule has 3 N–H and O–H groups in total. The van der Waals surface area contributed by atoms with Gasteiger partial charge in [0.1, 0.15) is 0 Å². The van der Waals surface area contributed by atoms with Crippen LogP contribution >= 0.6 is 11.8 Å². The standard InChI is InChI=1S/C7H14OS.H3N/c1-3-4-5-6-9-7(2)8;/h3-6H2,1-2H3;1H3. The zero-order valence-corrected chi connectivity index (χ0v) is 7.67. The van der Waals surface area contributed by atoms with E-state index in [-0.39, 0.29) is 11.3 Å². The molecule has 2 nitrogen and oxygen atoms in total. The highest BCUT2D eigenvalue weighted by molar-refractivity contribution is 8.13. The van der Waals surface area contributed by atoms with Gasteiger partial charge in [-0.25, -0.2) is 0 Å². The lowest BCUT2D eigenvalue weighted by Crippen LogP contribution is -1.85. The van der Waals surface area contributed by atoms with Crippen LogP contribution in [0.4, 0.5) is 0 Å². The molecule has 0 aromatic heterocycles. The quantitative estimate of drug-likeness (QED) is 0.648. The summed E-state index contributed by atoms with van der Waals surface area (Å²) in [6.07, 6.45) is 3.67. The molecule has 0 heterocycles. The lowest BCUT2D eigenvalue weighted by molar-refractivity contribution is -0.109. The Hall–Kier alpha value is -0.0200. The number of thioether (sulfide) groups is 1. The van der Waals surface area contributed by atoms with Gasteiger partial charge in [-0.15, -0.1) is 0 Å². The number of carbonyl (C=O) groups excluding carboxylic acids is 1. The molecule has 3 heteroatoms. The first kappa shape index (κ1) is 12.6. The molecular formula is C7H17NOS. The fraction of sp³-hybridized carbons (Fsp3) is 0.857. The van der Waals surface area contributed by atoms with Gasteiger partial charge in [0, 0.05) is 12.7 Å². The fourth-order valence-electron chi connectivity index (χ4n) is 0.568. The highest BCUT2D eigenvalue weighted by Gasteiger charge is 1.91. The Labute approximate surface area is 67.3 Å². The molecule has 0 unspecified atom stereocenters. The molecule has 62 valence electrons. The van der Waals surface area contributed by atoms with Gasteiger partial charge in [-0.3, -0.25) is 4.79 Å².